The topological polar surface area (TPSA) is 84.9 Å². The van der Waals surface area contributed by atoms with E-state index >= 15 is 0 Å². The summed E-state index contributed by atoms with van der Waals surface area (Å²) in [4.78, 5) is 23.6. The van der Waals surface area contributed by atoms with Gasteiger partial charge in [0.1, 0.15) is 11.7 Å². The van der Waals surface area contributed by atoms with Gasteiger partial charge in [-0.1, -0.05) is 32.1 Å². The quantitative estimate of drug-likeness (QED) is 0.662. The van der Waals surface area contributed by atoms with Crippen molar-refractivity contribution in [3.63, 3.8) is 0 Å². The molecule has 1 aliphatic carbocycles. The second-order valence-electron chi connectivity index (χ2n) is 7.78. The average Bonchev–Trinajstić information content (AvgIpc) is 2.53. The highest BCUT2D eigenvalue weighted by Crippen LogP contribution is 2.31. The molecule has 0 aromatic rings. The minimum absolute atomic E-state index is 0.0938. The molecule has 152 valence electrons. The zero-order valence-electron chi connectivity index (χ0n) is 16.0. The van der Waals surface area contributed by atoms with Crippen molar-refractivity contribution in [3.8, 4) is 0 Å². The summed E-state index contributed by atoms with van der Waals surface area (Å²) in [6.45, 7) is 6.11. The van der Waals surface area contributed by atoms with Crippen LogP contribution in [0.4, 0.5) is 13.6 Å². The van der Waals surface area contributed by atoms with Crippen LogP contribution in [0.2, 0.25) is 0 Å². The Kier molecular flexibility index (Phi) is 8.24. The van der Waals surface area contributed by atoms with Crippen LogP contribution in [0, 0.1) is 5.92 Å². The molecule has 0 aromatic carbocycles. The monoisotopic (exact) mass is 379 g/mol. The highest BCUT2D eigenvalue weighted by Gasteiger charge is 2.52. The summed E-state index contributed by atoms with van der Waals surface area (Å²) in [6.07, 6.45) is 1.57. The maximum absolute atomic E-state index is 14.3. The van der Waals surface area contributed by atoms with Gasteiger partial charge in [-0.15, -0.1) is 0 Å². The van der Waals surface area contributed by atoms with E-state index in [4.69, 9.17) is 4.74 Å². The molecule has 8 heteroatoms. The molecule has 0 radical (unpaired) electrons. The van der Waals surface area contributed by atoms with Crippen LogP contribution in [0.5, 0.6) is 0 Å². The summed E-state index contributed by atoms with van der Waals surface area (Å²) >= 11 is 0. The molecule has 0 heterocycles. The van der Waals surface area contributed by atoms with Gasteiger partial charge in [-0.3, -0.25) is 0 Å². The molecule has 0 bridgehead atoms. The fraction of sp³-hybridized carbons (Fsp3) is 0.889. The Morgan fingerprint density at radius 2 is 1.77 bits per heavy atom. The van der Waals surface area contributed by atoms with E-state index in [0.29, 0.717) is 0 Å². The van der Waals surface area contributed by atoms with Crippen LogP contribution in [-0.4, -0.2) is 47.4 Å². The van der Waals surface area contributed by atoms with Gasteiger partial charge in [0.25, 0.3) is 0 Å². The number of hydrogen-bond donors (Lipinski definition) is 2. The van der Waals surface area contributed by atoms with Gasteiger partial charge in [0, 0.05) is 0 Å². The molecule has 2 N–H and O–H groups in total. The van der Waals surface area contributed by atoms with Crippen molar-refractivity contribution in [1.82, 2.24) is 5.32 Å². The number of halogens is 2. The molecule has 2 atom stereocenters. The Hall–Kier alpha value is -1.44. The van der Waals surface area contributed by atoms with Gasteiger partial charge in [-0.2, -0.15) is 8.78 Å². The van der Waals surface area contributed by atoms with Crippen molar-refractivity contribution < 1.29 is 33.0 Å². The third-order valence-electron chi connectivity index (χ3n) is 4.31. The van der Waals surface area contributed by atoms with Gasteiger partial charge in [-0.25, -0.2) is 9.59 Å². The van der Waals surface area contributed by atoms with Gasteiger partial charge < -0.3 is 19.9 Å². The van der Waals surface area contributed by atoms with E-state index in [1.54, 1.807) is 20.8 Å². The van der Waals surface area contributed by atoms with Crippen LogP contribution >= 0.6 is 0 Å². The molecule has 0 saturated heterocycles. The largest absolute Gasteiger partial charge is 0.461 e. The van der Waals surface area contributed by atoms with E-state index in [0.717, 1.165) is 32.1 Å². The van der Waals surface area contributed by atoms with Crippen LogP contribution in [0.3, 0.4) is 0 Å². The number of alkyl halides is 2. The summed E-state index contributed by atoms with van der Waals surface area (Å²) in [6, 6.07) is -1.31. The summed E-state index contributed by atoms with van der Waals surface area (Å²) in [5.41, 5.74) is -0.811. The zero-order chi connectivity index (χ0) is 20.0. The minimum Gasteiger partial charge on any atom is -0.461 e. The minimum atomic E-state index is -4.12. The predicted octanol–water partition coefficient (Wildman–Crippen LogP) is 3.41. The number of esters is 1. The molecule has 1 aliphatic rings. The summed E-state index contributed by atoms with van der Waals surface area (Å²) in [5, 5.41) is 12.5. The van der Waals surface area contributed by atoms with Crippen molar-refractivity contribution >= 4 is 12.1 Å². The van der Waals surface area contributed by atoms with Gasteiger partial charge in [0.15, 0.2) is 0 Å². The highest BCUT2D eigenvalue weighted by atomic mass is 19.3. The summed E-state index contributed by atoms with van der Waals surface area (Å²) < 4.78 is 38.0. The molecular formula is C18H31F2NO5. The molecule has 1 amide bonds. The second-order valence-corrected chi connectivity index (χ2v) is 7.78. The first-order valence-corrected chi connectivity index (χ1v) is 9.20. The number of hydrogen-bond acceptors (Lipinski definition) is 5. The molecule has 2 unspecified atom stereocenters. The van der Waals surface area contributed by atoms with Crippen LogP contribution in [0.15, 0.2) is 0 Å². The first-order chi connectivity index (χ1) is 12.0. The number of aliphatic hydroxyl groups is 1. The lowest BCUT2D eigenvalue weighted by Crippen LogP contribution is -2.56. The standard InChI is InChI=1S/C18H31F2NO5/c1-5-25-15(23)18(19,20)14(22)13(11-12-9-7-6-8-10-12)21-16(24)26-17(2,3)4/h12-14,22H,5-11H2,1-4H3,(H,21,24). The molecule has 1 saturated carbocycles. The molecule has 1 fully saturated rings. The number of rotatable bonds is 7. The predicted molar refractivity (Wildman–Crippen MR) is 91.9 cm³/mol. The van der Waals surface area contributed by atoms with Gasteiger partial charge in [-0.05, 0) is 40.0 Å². The lowest BCUT2D eigenvalue weighted by molar-refractivity contribution is -0.191. The van der Waals surface area contributed by atoms with Crippen LogP contribution in [-0.2, 0) is 14.3 Å². The second kappa shape index (κ2) is 9.48. The van der Waals surface area contributed by atoms with Crippen molar-refractivity contribution in [1.29, 1.82) is 0 Å². The van der Waals surface area contributed by atoms with Gasteiger partial charge in [0.05, 0.1) is 12.6 Å². The number of ether oxygens (including phenoxy) is 2. The van der Waals surface area contributed by atoms with Crippen molar-refractivity contribution in [2.75, 3.05) is 6.61 Å². The number of aliphatic hydroxyl groups excluding tert-OH is 1. The number of carbonyl (C=O) groups is 2. The van der Waals surface area contributed by atoms with Crippen molar-refractivity contribution in [3.05, 3.63) is 0 Å². The maximum Gasteiger partial charge on any atom is 0.407 e. The van der Waals surface area contributed by atoms with Crippen LogP contribution < -0.4 is 5.32 Å². The Balaban J connectivity index is 2.90. The Labute approximate surface area is 153 Å². The van der Waals surface area contributed by atoms with Crippen molar-refractivity contribution in [2.24, 2.45) is 5.92 Å². The molecule has 0 spiro atoms. The molecule has 6 nitrogen and oxygen atoms in total. The molecule has 1 rings (SSSR count). The number of nitrogens with one attached hydrogen (secondary N) is 1. The summed E-state index contributed by atoms with van der Waals surface area (Å²) in [5.74, 6) is -5.83. The Bertz CT molecular complexity index is 473. The SMILES string of the molecule is CCOC(=O)C(F)(F)C(O)C(CC1CCCCC1)NC(=O)OC(C)(C)C. The average molecular weight is 379 g/mol. The molecule has 26 heavy (non-hydrogen) atoms. The van der Waals surface area contributed by atoms with E-state index in [1.165, 1.54) is 6.92 Å². The van der Waals surface area contributed by atoms with E-state index in [1.807, 2.05) is 0 Å². The van der Waals surface area contributed by atoms with Gasteiger partial charge in [0.2, 0.25) is 0 Å². The molecule has 0 aromatic heterocycles. The first-order valence-electron chi connectivity index (χ1n) is 9.20. The lowest BCUT2D eigenvalue weighted by atomic mass is 9.83. The van der Waals surface area contributed by atoms with Gasteiger partial charge >= 0.3 is 18.0 Å². The van der Waals surface area contributed by atoms with E-state index < -0.39 is 35.7 Å². The lowest BCUT2D eigenvalue weighted by Gasteiger charge is -2.33. The Morgan fingerprint density at radius 3 is 2.27 bits per heavy atom. The molecular weight excluding hydrogens is 348 g/mol. The normalized spacial score (nSPS) is 18.7. The van der Waals surface area contributed by atoms with Crippen molar-refractivity contribution in [2.45, 2.75) is 89.9 Å². The Morgan fingerprint density at radius 1 is 1.19 bits per heavy atom. The summed E-state index contributed by atoms with van der Waals surface area (Å²) in [7, 11) is 0. The fourth-order valence-electron chi connectivity index (χ4n) is 3.11. The first kappa shape index (κ1) is 22.6. The van der Waals surface area contributed by atoms with Crippen LogP contribution in [0.1, 0.15) is 66.2 Å². The van der Waals surface area contributed by atoms with E-state index in [2.05, 4.69) is 10.1 Å². The number of carbonyl (C=O) groups excluding carboxylic acids is 2. The number of amides is 1. The van der Waals surface area contributed by atoms with E-state index in [9.17, 15) is 23.5 Å². The fourth-order valence-corrected chi connectivity index (χ4v) is 3.11. The highest BCUT2D eigenvalue weighted by molar-refractivity contribution is 5.78. The smallest absolute Gasteiger partial charge is 0.407 e. The zero-order valence-corrected chi connectivity index (χ0v) is 16.0. The van der Waals surface area contributed by atoms with Crippen LogP contribution in [0.25, 0.3) is 0 Å². The van der Waals surface area contributed by atoms with E-state index in [-0.39, 0.29) is 18.9 Å². The maximum atomic E-state index is 14.3. The number of alkyl carbamates (subject to hydrolysis) is 1. The third kappa shape index (κ3) is 7.05. The molecule has 0 aliphatic heterocycles. The third-order valence-corrected chi connectivity index (χ3v) is 4.31.